The van der Waals surface area contributed by atoms with E-state index in [1.54, 1.807) is 4.90 Å². The van der Waals surface area contributed by atoms with Crippen LogP contribution in [0, 0.1) is 24.5 Å². The summed E-state index contributed by atoms with van der Waals surface area (Å²) in [6.07, 6.45) is 1.93. The average molecular weight is 478 g/mol. The number of rotatable bonds is 4. The maximum absolute atomic E-state index is 15.0. The van der Waals surface area contributed by atoms with Crippen molar-refractivity contribution in [3.8, 4) is 5.69 Å². The van der Waals surface area contributed by atoms with Crippen molar-refractivity contribution in [2.75, 3.05) is 0 Å². The van der Waals surface area contributed by atoms with Crippen LogP contribution >= 0.6 is 0 Å². The zero-order chi connectivity index (χ0) is 24.2. The van der Waals surface area contributed by atoms with Crippen molar-refractivity contribution in [2.45, 2.75) is 50.9 Å². The Kier molecular flexibility index (Phi) is 5.33. The summed E-state index contributed by atoms with van der Waals surface area (Å²) in [7, 11) is 0. The van der Waals surface area contributed by atoms with Gasteiger partial charge in [0.25, 0.3) is 5.91 Å². The third-order valence-electron chi connectivity index (χ3n) is 6.59. The van der Waals surface area contributed by atoms with Crippen LogP contribution in [0.4, 0.5) is 22.0 Å². The number of carbonyl (C=O) groups excluding carboxylic acids is 1. The van der Waals surface area contributed by atoms with E-state index in [-0.39, 0.29) is 47.1 Å². The number of halogens is 5. The summed E-state index contributed by atoms with van der Waals surface area (Å²) >= 11 is 0. The summed E-state index contributed by atoms with van der Waals surface area (Å²) in [5, 5.41) is 7.88. The smallest absolute Gasteiger partial charge is 0.331 e. The van der Waals surface area contributed by atoms with Gasteiger partial charge in [0, 0.05) is 30.0 Å². The molecule has 3 unspecified atom stereocenters. The molecule has 12 heteroatoms. The van der Waals surface area contributed by atoms with E-state index in [4.69, 9.17) is 0 Å². The van der Waals surface area contributed by atoms with Gasteiger partial charge in [-0.1, -0.05) is 0 Å². The molecule has 5 rings (SSSR count). The lowest BCUT2D eigenvalue weighted by atomic mass is 9.85. The van der Waals surface area contributed by atoms with Gasteiger partial charge in [-0.2, -0.15) is 23.4 Å². The van der Waals surface area contributed by atoms with Gasteiger partial charge in [0.15, 0.2) is 17.2 Å². The number of pyridine rings is 2. The first kappa shape index (κ1) is 22.4. The highest BCUT2D eigenvalue weighted by Gasteiger charge is 2.49. The monoisotopic (exact) mass is 478 g/mol. The number of alkyl halides is 3. The maximum atomic E-state index is 15.0. The molecule has 2 aliphatic rings. The van der Waals surface area contributed by atoms with Crippen molar-refractivity contribution < 1.29 is 26.7 Å². The molecule has 3 aromatic heterocycles. The van der Waals surface area contributed by atoms with Gasteiger partial charge in [0.1, 0.15) is 5.82 Å². The first-order chi connectivity index (χ1) is 16.1. The molecule has 0 spiro atoms. The summed E-state index contributed by atoms with van der Waals surface area (Å²) in [4.78, 5) is 24.1. The number of hydrogen-bond acceptors (Lipinski definition) is 5. The molecule has 5 heterocycles. The molecule has 34 heavy (non-hydrogen) atoms. The Morgan fingerprint density at radius 3 is 2.53 bits per heavy atom. The van der Waals surface area contributed by atoms with Crippen molar-refractivity contribution >= 4 is 5.91 Å². The van der Waals surface area contributed by atoms with Crippen LogP contribution in [-0.2, 0) is 12.6 Å². The van der Waals surface area contributed by atoms with Gasteiger partial charge < -0.3 is 4.90 Å². The fourth-order valence-corrected chi connectivity index (χ4v) is 5.03. The van der Waals surface area contributed by atoms with Crippen molar-refractivity contribution in [2.24, 2.45) is 5.92 Å². The summed E-state index contributed by atoms with van der Waals surface area (Å²) in [5.74, 6) is -2.36. The van der Waals surface area contributed by atoms with Gasteiger partial charge in [-0.25, -0.2) is 13.8 Å². The quantitative estimate of drug-likeness (QED) is 0.532. The minimum absolute atomic E-state index is 0.0705. The number of fused-ring (bicyclic) bond motifs is 2. The number of aryl methyl sites for hydroxylation is 1. The molecule has 0 saturated carbocycles. The predicted octanol–water partition coefficient (Wildman–Crippen LogP) is 3.90. The van der Waals surface area contributed by atoms with Gasteiger partial charge in [-0.05, 0) is 44.6 Å². The highest BCUT2D eigenvalue weighted by Crippen LogP contribution is 2.44. The van der Waals surface area contributed by atoms with Crippen molar-refractivity contribution in [3.05, 3.63) is 65.0 Å². The molecule has 2 aliphatic heterocycles. The van der Waals surface area contributed by atoms with Crippen LogP contribution in [0.2, 0.25) is 0 Å². The Hall–Kier alpha value is -3.44. The fourth-order valence-electron chi connectivity index (χ4n) is 5.03. The van der Waals surface area contributed by atoms with E-state index in [0.29, 0.717) is 25.1 Å². The van der Waals surface area contributed by atoms with Gasteiger partial charge in [-0.3, -0.25) is 9.78 Å². The molecule has 0 aromatic carbocycles. The molecule has 1 amide bonds. The molecule has 0 aliphatic carbocycles. The third kappa shape index (κ3) is 3.70. The van der Waals surface area contributed by atoms with Crippen LogP contribution in [0.25, 0.3) is 5.69 Å². The minimum Gasteiger partial charge on any atom is -0.331 e. The van der Waals surface area contributed by atoms with Crippen molar-refractivity contribution in [1.29, 1.82) is 0 Å². The van der Waals surface area contributed by atoms with Gasteiger partial charge in [-0.15, -0.1) is 4.80 Å². The SMILES string of the molecule is Cc1cnc(C(=O)N2C3CCC2C(Cc2ncc(C(F)(F)F)cc2F)C3)c(-n2nccn2)c1F. The molecular weight excluding hydrogens is 459 g/mol. The second-order valence-corrected chi connectivity index (χ2v) is 8.63. The van der Waals surface area contributed by atoms with Gasteiger partial charge in [0.05, 0.1) is 23.7 Å². The summed E-state index contributed by atoms with van der Waals surface area (Å²) in [6, 6.07) is -0.00364. The molecule has 178 valence electrons. The zero-order valence-electron chi connectivity index (χ0n) is 17.9. The Labute approximate surface area is 190 Å². The highest BCUT2D eigenvalue weighted by molar-refractivity contribution is 5.96. The first-order valence-corrected chi connectivity index (χ1v) is 10.7. The second kappa shape index (κ2) is 8.10. The lowest BCUT2D eigenvalue weighted by Gasteiger charge is -2.25. The number of carbonyl (C=O) groups is 1. The molecule has 2 fully saturated rings. The van der Waals surface area contributed by atoms with E-state index in [1.165, 1.54) is 25.5 Å². The van der Waals surface area contributed by atoms with Crippen LogP contribution in [0.5, 0.6) is 0 Å². The van der Waals surface area contributed by atoms with E-state index in [9.17, 15) is 26.7 Å². The topological polar surface area (TPSA) is 76.8 Å². The number of aromatic nitrogens is 5. The lowest BCUT2D eigenvalue weighted by Crippen LogP contribution is -2.38. The van der Waals surface area contributed by atoms with E-state index in [2.05, 4.69) is 20.2 Å². The standard InChI is InChI=1S/C22H19F5N6O/c1-11-9-29-19(20(18(11)24)33-30-4-5-31-33)21(34)32-14-2-3-17(32)12(6-14)7-16-15(23)8-13(10-28-16)22(25,26)27/h4-5,8-10,12,14,17H,2-3,6-7H2,1H3. The number of hydrogen-bond donors (Lipinski definition) is 0. The van der Waals surface area contributed by atoms with Crippen LogP contribution in [-0.4, -0.2) is 47.9 Å². The molecule has 2 saturated heterocycles. The van der Waals surface area contributed by atoms with Crippen LogP contribution in [0.3, 0.4) is 0 Å². The minimum atomic E-state index is -4.68. The average Bonchev–Trinajstić information content (AvgIpc) is 3.52. The van der Waals surface area contributed by atoms with Gasteiger partial charge >= 0.3 is 6.18 Å². The number of amides is 1. The Bertz CT molecular complexity index is 1250. The van der Waals surface area contributed by atoms with E-state index in [0.717, 1.165) is 11.2 Å². The normalized spacial score (nSPS) is 21.9. The number of nitrogens with zero attached hydrogens (tertiary/aromatic N) is 6. The first-order valence-electron chi connectivity index (χ1n) is 10.7. The van der Waals surface area contributed by atoms with Gasteiger partial charge in [0.2, 0.25) is 0 Å². The lowest BCUT2D eigenvalue weighted by molar-refractivity contribution is -0.138. The summed E-state index contributed by atoms with van der Waals surface area (Å²) < 4.78 is 67.8. The Morgan fingerprint density at radius 1 is 1.12 bits per heavy atom. The molecule has 3 atom stereocenters. The summed E-state index contributed by atoms with van der Waals surface area (Å²) in [5.41, 5.74) is -1.26. The van der Waals surface area contributed by atoms with E-state index >= 15 is 0 Å². The molecule has 2 bridgehead atoms. The zero-order valence-corrected chi connectivity index (χ0v) is 17.9. The van der Waals surface area contributed by atoms with Crippen LogP contribution in [0.15, 0.2) is 30.9 Å². The van der Waals surface area contributed by atoms with Crippen LogP contribution < -0.4 is 0 Å². The molecular formula is C22H19F5N6O. The third-order valence-corrected chi connectivity index (χ3v) is 6.59. The van der Waals surface area contributed by atoms with Crippen molar-refractivity contribution in [3.63, 3.8) is 0 Å². The molecule has 7 nitrogen and oxygen atoms in total. The Morgan fingerprint density at radius 2 is 1.85 bits per heavy atom. The van der Waals surface area contributed by atoms with E-state index in [1.807, 2.05) is 0 Å². The predicted molar refractivity (Wildman–Crippen MR) is 108 cm³/mol. The molecule has 0 N–H and O–H groups in total. The second-order valence-electron chi connectivity index (χ2n) is 8.63. The maximum Gasteiger partial charge on any atom is 0.417 e. The molecule has 0 radical (unpaired) electrons. The van der Waals surface area contributed by atoms with Crippen LogP contribution in [0.1, 0.15) is 46.6 Å². The highest BCUT2D eigenvalue weighted by atomic mass is 19.4. The summed E-state index contributed by atoms with van der Waals surface area (Å²) in [6.45, 7) is 1.52. The molecule has 3 aromatic rings. The van der Waals surface area contributed by atoms with E-state index < -0.39 is 29.3 Å². The largest absolute Gasteiger partial charge is 0.417 e. The Balaban J connectivity index is 1.42. The van der Waals surface area contributed by atoms with Crippen molar-refractivity contribution in [1.82, 2.24) is 29.9 Å². The fraction of sp³-hybridized carbons (Fsp3) is 0.409.